The fourth-order valence-electron chi connectivity index (χ4n) is 0. The van der Waals surface area contributed by atoms with Crippen molar-refractivity contribution in [3.63, 3.8) is 0 Å². The molecule has 0 unspecified atom stereocenters. The van der Waals surface area contributed by atoms with Crippen LogP contribution in [-0.2, 0) is 0 Å². The number of hydrogen-bond donors (Lipinski definition) is 4. The Morgan fingerprint density at radius 3 is 1.00 bits per heavy atom. The maximum atomic E-state index is 7.33. The summed E-state index contributed by atoms with van der Waals surface area (Å²) in [5.74, 6) is 0. The van der Waals surface area contributed by atoms with E-state index in [1.54, 1.807) is 0 Å². The van der Waals surface area contributed by atoms with Crippen molar-refractivity contribution in [2.24, 2.45) is 0 Å². The summed E-state index contributed by atoms with van der Waals surface area (Å²) in [5.41, 5.74) is 0. The Hall–Kier alpha value is 5.16. The van der Waals surface area contributed by atoms with Crippen LogP contribution in [0.2, 0.25) is 0 Å². The molecule has 0 aromatic rings. The third kappa shape index (κ3) is 61.6. The van der Waals surface area contributed by atoms with Gasteiger partial charge in [-0.2, -0.15) is 0 Å². The summed E-state index contributed by atoms with van der Waals surface area (Å²) in [4.78, 5) is 29.3. The van der Waals surface area contributed by atoms with Crippen molar-refractivity contribution in [1.82, 2.24) is 0 Å². The average molecular weight is 527 g/mol. The third-order valence-electron chi connectivity index (χ3n) is 0. The van der Waals surface area contributed by atoms with E-state index in [9.17, 15) is 0 Å². The van der Waals surface area contributed by atoms with Crippen molar-refractivity contribution in [2.45, 2.75) is 0 Å². The van der Waals surface area contributed by atoms with Crippen LogP contribution in [-0.4, -0.2) is 96.8 Å². The van der Waals surface area contributed by atoms with E-state index >= 15 is 0 Å². The van der Waals surface area contributed by atoms with E-state index in [-0.39, 0.29) is 162 Å². The van der Waals surface area contributed by atoms with E-state index in [1.165, 1.54) is 0 Å². The van der Waals surface area contributed by atoms with Gasteiger partial charge < -0.3 is 24.9 Å². The normalized spacial score (nSPS) is 6.67. The molecule has 0 spiro atoms. The van der Waals surface area contributed by atoms with Gasteiger partial charge in [-0.05, 0) is 0 Å². The van der Waals surface area contributed by atoms with E-state index in [4.69, 9.17) is 19.2 Å². The second-order valence-electron chi connectivity index (χ2n) is 0.600. The maximum absolute atomic E-state index is 7.33. The Bertz CT molecular complexity index is 47.6. The Labute approximate surface area is 185 Å². The van der Waals surface area contributed by atoms with Crippen LogP contribution >= 0.6 is 0 Å². The number of hydrogen-bond acceptors (Lipinski definition) is 4. The quantitative estimate of drug-likeness (QED) is 0.255. The van der Waals surface area contributed by atoms with Gasteiger partial charge >= 0.3 is 77.6 Å². The Morgan fingerprint density at radius 2 is 1.00 bits per heavy atom. The monoisotopic (exact) mass is 529 g/mol. The minimum atomic E-state index is -4.61. The van der Waals surface area contributed by atoms with Crippen molar-refractivity contribution in [3.05, 3.63) is 0 Å². The molecule has 0 aromatic carbocycles. The summed E-state index contributed by atoms with van der Waals surface area (Å²) >= 11 is 0. The largest absolute Gasteiger partial charge is 2.00 e. The van der Waals surface area contributed by atoms with E-state index in [0.29, 0.717) is 0 Å². The van der Waals surface area contributed by atoms with Gasteiger partial charge in [0.1, 0.15) is 0 Å². The molecule has 4 N–H and O–H groups in total. The summed E-state index contributed by atoms with van der Waals surface area (Å²) in [6.45, 7) is 0. The molecule has 0 aromatic heterocycles. The molecule has 9 heavy (non-hydrogen) atoms. The molecule has 57 valence electrons. The molecule has 0 aliphatic rings. The van der Waals surface area contributed by atoms with E-state index in [2.05, 4.69) is 0 Å². The zero-order chi connectivity index (χ0) is 4.50. The zero-order valence-electron chi connectivity index (χ0n) is 8.40. The third-order valence-corrected chi connectivity index (χ3v) is 0. The van der Waals surface area contributed by atoms with Gasteiger partial charge in [-0.15, -0.1) is 0 Å². The molecular formula is H8DyEuMgO4SiSr. The summed E-state index contributed by atoms with van der Waals surface area (Å²) in [6, 6.07) is 0. The van der Waals surface area contributed by atoms with Crippen LogP contribution in [0.4, 0.5) is 0 Å². The fraction of sp³-hybridized carbons (Fsp3) is 0. The fourth-order valence-corrected chi connectivity index (χ4v) is 0. The molecule has 0 amide bonds. The summed E-state index contributed by atoms with van der Waals surface area (Å²) < 4.78 is 0. The van der Waals surface area contributed by atoms with Crippen LogP contribution in [0.1, 0.15) is 5.71 Å². The first-order valence-electron chi connectivity index (χ1n) is 0.894. The minimum Gasteiger partial charge on any atom is -1.00 e. The molecule has 0 rings (SSSR count). The van der Waals surface area contributed by atoms with Crippen molar-refractivity contribution < 1.29 is 112 Å². The first kappa shape index (κ1) is 29.2. The molecule has 4 nitrogen and oxygen atoms in total. The molecule has 1 radical (unpaired) electrons. The zero-order valence-corrected chi connectivity index (χ0v) is 14.7. The standard InChI is InChI=1S/Dy.Eu.Mg.H4O4Si.Sr.4H/c;;;1-5(2,3)4;;;;;/h;;;1-4H;;;;;/q;;+2;;+2;4*-1. The Balaban J connectivity index is -0.00000000286. The van der Waals surface area contributed by atoms with Crippen molar-refractivity contribution in [3.8, 4) is 0 Å². The van der Waals surface area contributed by atoms with E-state index < -0.39 is 9.05 Å². The van der Waals surface area contributed by atoms with Crippen molar-refractivity contribution in [2.75, 3.05) is 0 Å². The number of rotatable bonds is 0. The molecule has 9 heteroatoms. The summed E-state index contributed by atoms with van der Waals surface area (Å²) in [6.07, 6.45) is 0. The molecule has 0 saturated carbocycles. The van der Waals surface area contributed by atoms with E-state index in [1.807, 2.05) is 0 Å². The average Bonchev–Trinajstić information content (AvgIpc) is 0.722. The van der Waals surface area contributed by atoms with Crippen LogP contribution in [0.15, 0.2) is 0 Å². The summed E-state index contributed by atoms with van der Waals surface area (Å²) in [5, 5.41) is 0. The van der Waals surface area contributed by atoms with Gasteiger partial charge in [-0.3, -0.25) is 0 Å². The van der Waals surface area contributed by atoms with E-state index in [0.717, 1.165) is 0 Å². The maximum Gasteiger partial charge on any atom is 2.00 e. The molecule has 0 fully saturated rings. The molecule has 0 atom stereocenters. The van der Waals surface area contributed by atoms with Gasteiger partial charge in [0, 0.05) is 87.6 Å². The molecule has 0 heterocycles. The molecule has 0 aliphatic carbocycles. The molecule has 0 bridgehead atoms. The van der Waals surface area contributed by atoms with Gasteiger partial charge in [0.05, 0.1) is 0 Å². The minimum absolute atomic E-state index is 0. The Kier molecular flexibility index (Phi) is 50.7. The van der Waals surface area contributed by atoms with Crippen LogP contribution in [0, 0.1) is 87.6 Å². The Morgan fingerprint density at radius 1 is 1.00 bits per heavy atom. The van der Waals surface area contributed by atoms with Crippen LogP contribution in [0.25, 0.3) is 0 Å². The summed E-state index contributed by atoms with van der Waals surface area (Å²) in [7, 11) is -4.61. The van der Waals surface area contributed by atoms with Crippen LogP contribution in [0.3, 0.4) is 0 Å². The second-order valence-corrected chi connectivity index (χ2v) is 1.80. The molecule has 0 aliphatic heterocycles. The first-order chi connectivity index (χ1) is 2.00. The van der Waals surface area contributed by atoms with Crippen molar-refractivity contribution >= 4 is 77.6 Å². The first-order valence-corrected chi connectivity index (χ1v) is 2.68. The van der Waals surface area contributed by atoms with Gasteiger partial charge in [0.25, 0.3) is 0 Å². The van der Waals surface area contributed by atoms with Crippen molar-refractivity contribution in [1.29, 1.82) is 0 Å². The van der Waals surface area contributed by atoms with Crippen LogP contribution in [0.5, 0.6) is 0 Å². The SMILES string of the molecule is O[Si](O)(O)O.[Dy].[Eu].[H-].[H-].[H-].[H-].[Mg+2].[Sr+2]. The second kappa shape index (κ2) is 15.6. The topological polar surface area (TPSA) is 80.9 Å². The molecular weight excluding hydrogens is 518 g/mol. The van der Waals surface area contributed by atoms with Gasteiger partial charge in [-0.1, -0.05) is 0 Å². The van der Waals surface area contributed by atoms with Gasteiger partial charge in [-0.25, -0.2) is 0 Å². The molecule has 0 saturated heterocycles. The predicted molar refractivity (Wildman–Crippen MR) is 30.6 cm³/mol. The predicted octanol–water partition coefficient (Wildman–Crippen LogP) is -2.92. The smallest absolute Gasteiger partial charge is 1.00 e. The van der Waals surface area contributed by atoms with Gasteiger partial charge in [0.2, 0.25) is 0 Å². The van der Waals surface area contributed by atoms with Gasteiger partial charge in [0.15, 0.2) is 0 Å². The van der Waals surface area contributed by atoms with Crippen LogP contribution < -0.4 is 0 Å².